The lowest BCUT2D eigenvalue weighted by molar-refractivity contribution is -0.153. The van der Waals surface area contributed by atoms with Crippen LogP contribution in [-0.4, -0.2) is 64.7 Å². The summed E-state index contributed by atoms with van der Waals surface area (Å²) in [5.41, 5.74) is -0.706. The highest BCUT2D eigenvalue weighted by molar-refractivity contribution is 5.88. The van der Waals surface area contributed by atoms with Crippen LogP contribution in [0.15, 0.2) is 0 Å². The number of alkyl carbamates (subject to hydrolysis) is 1. The van der Waals surface area contributed by atoms with E-state index in [1.807, 2.05) is 0 Å². The number of piperidine rings is 1. The van der Waals surface area contributed by atoms with E-state index in [0.29, 0.717) is 13.0 Å². The van der Waals surface area contributed by atoms with Crippen LogP contribution < -0.4 is 10.6 Å². The molecule has 0 aromatic carbocycles. The van der Waals surface area contributed by atoms with Gasteiger partial charge in [0.05, 0.1) is 0 Å². The minimum atomic E-state index is -1.17. The number of aliphatic carboxylic acids is 1. The minimum Gasteiger partial charge on any atom is -0.480 e. The second-order valence-electron chi connectivity index (χ2n) is 7.97. The maximum Gasteiger partial charge on any atom is 0.408 e. The second kappa shape index (κ2) is 9.57. The van der Waals surface area contributed by atoms with Gasteiger partial charge in [0.25, 0.3) is 0 Å². The van der Waals surface area contributed by atoms with E-state index >= 15 is 0 Å². The number of nitrogens with one attached hydrogen (secondary N) is 2. The number of nitrogens with zero attached hydrogens (tertiary/aromatic N) is 1. The Morgan fingerprint density at radius 1 is 1.33 bits per heavy atom. The minimum absolute atomic E-state index is 0.0392. The Hall–Kier alpha value is -2.32. The van der Waals surface area contributed by atoms with Crippen LogP contribution in [0.4, 0.5) is 4.79 Å². The Morgan fingerprint density at radius 3 is 2.44 bits per heavy atom. The third-order valence-corrected chi connectivity index (χ3v) is 4.16. The van der Waals surface area contributed by atoms with Gasteiger partial charge in [-0.1, -0.05) is 0 Å². The lowest BCUT2D eigenvalue weighted by atomic mass is 9.90. The van der Waals surface area contributed by atoms with Crippen molar-refractivity contribution >= 4 is 23.9 Å². The molecule has 1 aliphatic rings. The van der Waals surface area contributed by atoms with Crippen LogP contribution in [0.2, 0.25) is 0 Å². The van der Waals surface area contributed by atoms with Crippen molar-refractivity contribution in [2.24, 2.45) is 5.92 Å². The third-order valence-electron chi connectivity index (χ3n) is 4.16. The number of carboxylic acids is 1. The number of carboxylic acid groups (broad SMARTS) is 1. The van der Waals surface area contributed by atoms with Crippen LogP contribution in [0, 0.1) is 5.92 Å². The summed E-state index contributed by atoms with van der Waals surface area (Å²) in [5.74, 6) is -2.35. The predicted octanol–water partition coefficient (Wildman–Crippen LogP) is 1.12. The van der Waals surface area contributed by atoms with Gasteiger partial charge in [-0.05, 0) is 53.9 Å². The van der Waals surface area contributed by atoms with E-state index in [0.717, 1.165) is 6.42 Å². The molecular weight excluding hydrogens is 354 g/mol. The first-order chi connectivity index (χ1) is 12.4. The van der Waals surface area contributed by atoms with Gasteiger partial charge in [-0.25, -0.2) is 9.59 Å². The van der Waals surface area contributed by atoms with Crippen molar-refractivity contribution < 1.29 is 29.0 Å². The van der Waals surface area contributed by atoms with Crippen molar-refractivity contribution in [1.29, 1.82) is 0 Å². The highest BCUT2D eigenvalue weighted by Crippen LogP contribution is 2.22. The molecule has 1 unspecified atom stereocenters. The van der Waals surface area contributed by atoms with E-state index in [1.165, 1.54) is 4.90 Å². The number of hydrogen-bond donors (Lipinski definition) is 3. The van der Waals surface area contributed by atoms with Crippen molar-refractivity contribution in [2.75, 3.05) is 13.1 Å². The SMILES string of the molecule is CC(C)N(C(=O)CNC(=O)OC(C)(C)C)C(C[C@@H]1CCCNC1=O)C(=O)O. The molecule has 1 aliphatic heterocycles. The lowest BCUT2D eigenvalue weighted by Gasteiger charge is -2.35. The van der Waals surface area contributed by atoms with Crippen LogP contribution in [0.5, 0.6) is 0 Å². The first kappa shape index (κ1) is 22.7. The fourth-order valence-electron chi connectivity index (χ4n) is 3.04. The molecular formula is C18H31N3O6. The molecule has 0 bridgehead atoms. The van der Waals surface area contributed by atoms with Crippen molar-refractivity contribution in [1.82, 2.24) is 15.5 Å². The zero-order valence-electron chi connectivity index (χ0n) is 16.7. The Balaban J connectivity index is 2.82. The monoisotopic (exact) mass is 385 g/mol. The standard InChI is InChI=1S/C18H31N3O6/c1-11(2)21(14(22)10-20-17(26)27-18(3,4)5)13(16(24)25)9-12-7-6-8-19-15(12)23/h11-13H,6-10H2,1-5H3,(H,19,23)(H,20,26)(H,24,25)/t12-,13?/m0/s1. The molecule has 1 saturated heterocycles. The summed E-state index contributed by atoms with van der Waals surface area (Å²) in [6.07, 6.45) is 0.653. The first-order valence-electron chi connectivity index (χ1n) is 9.21. The van der Waals surface area contributed by atoms with Crippen molar-refractivity contribution in [3.63, 3.8) is 0 Å². The summed E-state index contributed by atoms with van der Waals surface area (Å²) in [7, 11) is 0. The van der Waals surface area contributed by atoms with Crippen LogP contribution in [0.1, 0.15) is 53.9 Å². The predicted molar refractivity (Wildman–Crippen MR) is 98.0 cm³/mol. The van der Waals surface area contributed by atoms with Crippen molar-refractivity contribution in [3.05, 3.63) is 0 Å². The normalized spacial score (nSPS) is 18.4. The van der Waals surface area contributed by atoms with Gasteiger partial charge in [-0.15, -0.1) is 0 Å². The smallest absolute Gasteiger partial charge is 0.408 e. The Bertz CT molecular complexity index is 570. The molecule has 0 radical (unpaired) electrons. The Kier molecular flexibility index (Phi) is 8.05. The molecule has 0 aromatic rings. The fraction of sp³-hybridized carbons (Fsp3) is 0.778. The van der Waals surface area contributed by atoms with Crippen LogP contribution in [-0.2, 0) is 19.1 Å². The molecule has 27 heavy (non-hydrogen) atoms. The highest BCUT2D eigenvalue weighted by atomic mass is 16.6. The molecule has 9 nitrogen and oxygen atoms in total. The first-order valence-corrected chi connectivity index (χ1v) is 9.21. The van der Waals surface area contributed by atoms with E-state index in [9.17, 15) is 24.3 Å². The number of ether oxygens (including phenoxy) is 1. The summed E-state index contributed by atoms with van der Waals surface area (Å²) in [5, 5.41) is 14.7. The van der Waals surface area contributed by atoms with Crippen molar-refractivity contribution in [2.45, 2.75) is 71.6 Å². The summed E-state index contributed by atoms with van der Waals surface area (Å²) in [4.78, 5) is 49.4. The quantitative estimate of drug-likeness (QED) is 0.603. The number of carbonyl (C=O) groups is 4. The van der Waals surface area contributed by atoms with E-state index in [4.69, 9.17) is 4.74 Å². The molecule has 0 saturated carbocycles. The number of hydrogen-bond acceptors (Lipinski definition) is 5. The van der Waals surface area contributed by atoms with Crippen LogP contribution in [0.3, 0.4) is 0 Å². The van der Waals surface area contributed by atoms with Gasteiger partial charge in [0.15, 0.2) is 0 Å². The maximum atomic E-state index is 12.6. The average molecular weight is 385 g/mol. The molecule has 3 amide bonds. The van der Waals surface area contributed by atoms with Gasteiger partial charge < -0.3 is 25.4 Å². The van der Waals surface area contributed by atoms with Gasteiger partial charge in [0.1, 0.15) is 18.2 Å². The molecule has 0 spiro atoms. The average Bonchev–Trinajstić information content (AvgIpc) is 2.52. The number of amides is 3. The molecule has 3 N–H and O–H groups in total. The zero-order valence-corrected chi connectivity index (χ0v) is 16.7. The van der Waals surface area contributed by atoms with E-state index in [-0.39, 0.29) is 18.9 Å². The Morgan fingerprint density at radius 2 is 1.96 bits per heavy atom. The molecule has 9 heteroatoms. The molecule has 0 aliphatic carbocycles. The topological polar surface area (TPSA) is 125 Å². The number of carbonyl (C=O) groups excluding carboxylic acids is 3. The Labute approximate surface area is 159 Å². The highest BCUT2D eigenvalue weighted by Gasteiger charge is 2.36. The summed E-state index contributed by atoms with van der Waals surface area (Å²) in [6, 6.07) is -1.56. The second-order valence-corrected chi connectivity index (χ2v) is 7.97. The molecule has 0 aromatic heterocycles. The van der Waals surface area contributed by atoms with Gasteiger partial charge in [-0.2, -0.15) is 0 Å². The molecule has 1 heterocycles. The largest absolute Gasteiger partial charge is 0.480 e. The van der Waals surface area contributed by atoms with Gasteiger partial charge >= 0.3 is 12.1 Å². The van der Waals surface area contributed by atoms with Gasteiger partial charge in [0.2, 0.25) is 11.8 Å². The summed E-state index contributed by atoms with van der Waals surface area (Å²) in [6.45, 7) is 8.69. The summed E-state index contributed by atoms with van der Waals surface area (Å²) < 4.78 is 5.08. The van der Waals surface area contributed by atoms with Gasteiger partial charge in [-0.3, -0.25) is 9.59 Å². The van der Waals surface area contributed by atoms with Crippen LogP contribution >= 0.6 is 0 Å². The van der Waals surface area contributed by atoms with Crippen molar-refractivity contribution in [3.8, 4) is 0 Å². The van der Waals surface area contributed by atoms with E-state index in [2.05, 4.69) is 10.6 Å². The van der Waals surface area contributed by atoms with E-state index in [1.54, 1.807) is 34.6 Å². The number of rotatable bonds is 7. The molecule has 154 valence electrons. The molecule has 1 rings (SSSR count). The maximum absolute atomic E-state index is 12.6. The lowest BCUT2D eigenvalue weighted by Crippen LogP contribution is -2.54. The molecule has 1 fully saturated rings. The summed E-state index contributed by atoms with van der Waals surface area (Å²) >= 11 is 0. The van der Waals surface area contributed by atoms with Crippen LogP contribution in [0.25, 0.3) is 0 Å². The third kappa shape index (κ3) is 7.44. The van der Waals surface area contributed by atoms with E-state index < -0.39 is 41.6 Å². The fourth-order valence-corrected chi connectivity index (χ4v) is 3.04. The molecule has 2 atom stereocenters. The zero-order chi connectivity index (χ0) is 20.8. The van der Waals surface area contributed by atoms with Gasteiger partial charge in [0, 0.05) is 18.5 Å².